The van der Waals surface area contributed by atoms with Gasteiger partial charge in [0.1, 0.15) is 5.75 Å². The largest absolute Gasteiger partial charge is 0.493 e. The Morgan fingerprint density at radius 2 is 1.57 bits per heavy atom. The summed E-state index contributed by atoms with van der Waals surface area (Å²) in [5, 5.41) is 0.901. The molecule has 35 heavy (non-hydrogen) atoms. The van der Waals surface area contributed by atoms with Crippen molar-refractivity contribution in [2.75, 3.05) is 13.7 Å². The maximum Gasteiger partial charge on any atom is 0.311 e. The summed E-state index contributed by atoms with van der Waals surface area (Å²) in [4.78, 5) is 37.5. The molecule has 0 heterocycles. The number of esters is 1. The van der Waals surface area contributed by atoms with Gasteiger partial charge in [-0.2, -0.15) is 0 Å². The molecule has 178 valence electrons. The highest BCUT2D eigenvalue weighted by molar-refractivity contribution is 6.41. The molecular weight excluding hydrogens is 491 g/mol. The molecule has 0 saturated heterocycles. The Kier molecular flexibility index (Phi) is 7.54. The van der Waals surface area contributed by atoms with Crippen LogP contribution in [0.3, 0.4) is 0 Å². The number of ketones is 2. The van der Waals surface area contributed by atoms with E-state index in [0.29, 0.717) is 44.7 Å². The summed E-state index contributed by atoms with van der Waals surface area (Å²) >= 11 is 11.9. The highest BCUT2D eigenvalue weighted by Crippen LogP contribution is 2.32. The van der Waals surface area contributed by atoms with Gasteiger partial charge in [0, 0.05) is 22.6 Å². The average molecular weight is 511 g/mol. The molecule has 3 aromatic carbocycles. The van der Waals surface area contributed by atoms with Crippen molar-refractivity contribution in [2.45, 2.75) is 12.8 Å². The van der Waals surface area contributed by atoms with Gasteiger partial charge in [0.25, 0.3) is 0 Å². The van der Waals surface area contributed by atoms with Crippen molar-refractivity contribution in [2.24, 2.45) is 0 Å². The number of hydrogen-bond donors (Lipinski definition) is 0. The average Bonchev–Trinajstić information content (AvgIpc) is 3.08. The number of rotatable bonds is 8. The van der Waals surface area contributed by atoms with Crippen LogP contribution >= 0.6 is 23.2 Å². The molecule has 0 unspecified atom stereocenters. The van der Waals surface area contributed by atoms with Crippen LogP contribution in [0.2, 0.25) is 10.0 Å². The number of allylic oxidation sites excluding steroid dienone is 1. The Hall–Kier alpha value is -3.61. The van der Waals surface area contributed by atoms with E-state index in [2.05, 4.69) is 0 Å². The molecule has 8 heteroatoms. The van der Waals surface area contributed by atoms with Gasteiger partial charge in [-0.1, -0.05) is 53.5 Å². The molecule has 0 aliphatic heterocycles. The second-order valence-corrected chi connectivity index (χ2v) is 8.52. The summed E-state index contributed by atoms with van der Waals surface area (Å²) in [5.74, 6) is -0.0831. The lowest BCUT2D eigenvalue weighted by molar-refractivity contribution is -0.134. The first kappa shape index (κ1) is 24.5. The highest BCUT2D eigenvalue weighted by Gasteiger charge is 2.32. The summed E-state index contributed by atoms with van der Waals surface area (Å²) < 4.78 is 16.3. The van der Waals surface area contributed by atoms with Gasteiger partial charge in [-0.05, 0) is 48.4 Å². The van der Waals surface area contributed by atoms with Crippen LogP contribution in [0.25, 0.3) is 6.08 Å². The monoisotopic (exact) mass is 510 g/mol. The molecule has 0 aromatic heterocycles. The van der Waals surface area contributed by atoms with Gasteiger partial charge in [-0.3, -0.25) is 14.4 Å². The van der Waals surface area contributed by atoms with E-state index in [-0.39, 0.29) is 35.9 Å². The second-order valence-electron chi connectivity index (χ2n) is 7.67. The second kappa shape index (κ2) is 10.8. The van der Waals surface area contributed by atoms with E-state index in [0.717, 1.165) is 0 Å². The zero-order valence-corrected chi connectivity index (χ0v) is 20.2. The number of benzene rings is 3. The van der Waals surface area contributed by atoms with Gasteiger partial charge >= 0.3 is 5.97 Å². The van der Waals surface area contributed by atoms with Crippen LogP contribution in [-0.2, 0) is 4.79 Å². The third-order valence-corrected chi connectivity index (χ3v) is 5.84. The molecule has 6 nitrogen and oxygen atoms in total. The fourth-order valence-electron chi connectivity index (χ4n) is 3.59. The number of fused-ring (bicyclic) bond motifs is 1. The minimum atomic E-state index is -0.461. The van der Waals surface area contributed by atoms with E-state index >= 15 is 0 Å². The summed E-state index contributed by atoms with van der Waals surface area (Å²) in [7, 11) is 1.44. The van der Waals surface area contributed by atoms with Gasteiger partial charge in [0.15, 0.2) is 23.1 Å². The van der Waals surface area contributed by atoms with Crippen molar-refractivity contribution in [3.8, 4) is 17.2 Å². The van der Waals surface area contributed by atoms with Crippen molar-refractivity contribution in [3.63, 3.8) is 0 Å². The summed E-state index contributed by atoms with van der Waals surface area (Å²) in [6.45, 7) is 0.268. The van der Waals surface area contributed by atoms with E-state index in [1.807, 2.05) is 0 Å². The molecule has 0 spiro atoms. The fraction of sp³-hybridized carbons (Fsp3) is 0.148. The standard InChI is InChI=1S/C27H20Cl2O6/c1-33-24-14-16(13-20-26(31)18-5-2-3-6-19(18)27(20)32)8-10-23(24)35-25(30)7-4-12-34-22-11-9-17(28)15-21(22)29/h2-3,5-6,8-11,13-15H,4,7,12H2,1H3. The lowest BCUT2D eigenvalue weighted by Gasteiger charge is -2.11. The lowest BCUT2D eigenvalue weighted by Crippen LogP contribution is -2.10. The summed E-state index contributed by atoms with van der Waals surface area (Å²) in [6.07, 6.45) is 2.04. The number of carbonyl (C=O) groups is 3. The smallest absolute Gasteiger partial charge is 0.311 e. The highest BCUT2D eigenvalue weighted by atomic mass is 35.5. The predicted molar refractivity (Wildman–Crippen MR) is 133 cm³/mol. The van der Waals surface area contributed by atoms with Crippen LogP contribution in [0.5, 0.6) is 17.2 Å². The number of Topliss-reactive ketones (excluding diaryl/α,β-unsaturated/α-hetero) is 2. The molecule has 1 aliphatic carbocycles. The molecule has 4 rings (SSSR count). The molecule has 3 aromatic rings. The number of carbonyl (C=O) groups excluding carboxylic acids is 3. The van der Waals surface area contributed by atoms with Gasteiger partial charge in [0.05, 0.1) is 24.3 Å². The first-order valence-corrected chi connectivity index (χ1v) is 11.5. The minimum absolute atomic E-state index is 0.0822. The van der Waals surface area contributed by atoms with E-state index in [4.69, 9.17) is 37.4 Å². The maximum absolute atomic E-state index is 12.6. The Bertz CT molecular complexity index is 1310. The molecule has 0 amide bonds. The molecule has 0 atom stereocenters. The normalized spacial score (nSPS) is 12.4. The van der Waals surface area contributed by atoms with Crippen LogP contribution in [-0.4, -0.2) is 31.3 Å². The number of halogens is 2. The van der Waals surface area contributed by atoms with Crippen molar-refractivity contribution in [3.05, 3.63) is 93.0 Å². The Morgan fingerprint density at radius 1 is 0.886 bits per heavy atom. The van der Waals surface area contributed by atoms with Crippen molar-refractivity contribution in [1.82, 2.24) is 0 Å². The zero-order chi connectivity index (χ0) is 24.9. The molecular formula is C27H20Cl2O6. The number of methoxy groups -OCH3 is 1. The topological polar surface area (TPSA) is 78.9 Å². The molecule has 0 bridgehead atoms. The van der Waals surface area contributed by atoms with Gasteiger partial charge in [-0.25, -0.2) is 0 Å². The van der Waals surface area contributed by atoms with Crippen LogP contribution in [0, 0.1) is 0 Å². The van der Waals surface area contributed by atoms with Gasteiger partial charge in [0.2, 0.25) is 0 Å². The zero-order valence-electron chi connectivity index (χ0n) is 18.7. The SMILES string of the molecule is COc1cc(C=C2C(=O)c3ccccc3C2=O)ccc1OC(=O)CCCOc1ccc(Cl)cc1Cl. The lowest BCUT2D eigenvalue weighted by atomic mass is 10.1. The Labute approximate surface area is 212 Å². The van der Waals surface area contributed by atoms with Crippen LogP contribution in [0.4, 0.5) is 0 Å². The summed E-state index contributed by atoms with van der Waals surface area (Å²) in [6, 6.07) is 16.4. The first-order chi connectivity index (χ1) is 16.9. The van der Waals surface area contributed by atoms with E-state index < -0.39 is 5.97 Å². The van der Waals surface area contributed by atoms with Crippen molar-refractivity contribution >= 4 is 46.8 Å². The number of ether oxygens (including phenoxy) is 3. The molecule has 0 fully saturated rings. The van der Waals surface area contributed by atoms with E-state index in [9.17, 15) is 14.4 Å². The van der Waals surface area contributed by atoms with Crippen LogP contribution in [0.15, 0.2) is 66.2 Å². The van der Waals surface area contributed by atoms with E-state index in [1.165, 1.54) is 13.2 Å². The van der Waals surface area contributed by atoms with Crippen molar-refractivity contribution in [1.29, 1.82) is 0 Å². The third kappa shape index (κ3) is 5.56. The minimum Gasteiger partial charge on any atom is -0.493 e. The van der Waals surface area contributed by atoms with E-state index in [1.54, 1.807) is 60.7 Å². The third-order valence-electron chi connectivity index (χ3n) is 5.30. The Balaban J connectivity index is 1.37. The first-order valence-electron chi connectivity index (χ1n) is 10.7. The quantitative estimate of drug-likeness (QED) is 0.117. The number of hydrogen-bond acceptors (Lipinski definition) is 6. The molecule has 1 aliphatic rings. The van der Waals surface area contributed by atoms with Crippen LogP contribution in [0.1, 0.15) is 39.1 Å². The van der Waals surface area contributed by atoms with Gasteiger partial charge < -0.3 is 14.2 Å². The predicted octanol–water partition coefficient (Wildman–Crippen LogP) is 6.23. The molecule has 0 radical (unpaired) electrons. The summed E-state index contributed by atoms with van der Waals surface area (Å²) in [5.41, 5.74) is 1.44. The van der Waals surface area contributed by atoms with Crippen molar-refractivity contribution < 1.29 is 28.6 Å². The van der Waals surface area contributed by atoms with Crippen LogP contribution < -0.4 is 14.2 Å². The molecule has 0 saturated carbocycles. The maximum atomic E-state index is 12.6. The van der Waals surface area contributed by atoms with Gasteiger partial charge in [-0.15, -0.1) is 0 Å². The molecule has 0 N–H and O–H groups in total. The fourth-order valence-corrected chi connectivity index (χ4v) is 4.06. The Morgan fingerprint density at radius 3 is 2.23 bits per heavy atom.